The molecule has 1 rings (SSSR count). The van der Waals surface area contributed by atoms with Gasteiger partial charge in [-0.05, 0) is 6.92 Å². The van der Waals surface area contributed by atoms with Crippen LogP contribution in [0.2, 0.25) is 0 Å². The summed E-state index contributed by atoms with van der Waals surface area (Å²) >= 11 is 0. The summed E-state index contributed by atoms with van der Waals surface area (Å²) in [5.41, 5.74) is 0. The average Bonchev–Trinajstić information content (AvgIpc) is 2.08. The van der Waals surface area contributed by atoms with E-state index in [0.717, 1.165) is 0 Å². The highest BCUT2D eigenvalue weighted by atomic mass is 16.7. The molecule has 0 aromatic heterocycles. The van der Waals surface area contributed by atoms with Gasteiger partial charge in [-0.3, -0.25) is 0 Å². The van der Waals surface area contributed by atoms with Crippen LogP contribution in [-0.4, -0.2) is 53.1 Å². The molecule has 0 bridgehead atoms. The number of rotatable bonds is 1. The second-order valence-electron chi connectivity index (χ2n) is 2.92. The van der Waals surface area contributed by atoms with E-state index in [1.165, 1.54) is 7.11 Å². The van der Waals surface area contributed by atoms with Crippen LogP contribution in [0.25, 0.3) is 0 Å². The monoisotopic (exact) mass is 178 g/mol. The van der Waals surface area contributed by atoms with Crippen molar-refractivity contribution in [3.8, 4) is 0 Å². The topological polar surface area (TPSA) is 79.2 Å². The molecule has 1 heterocycles. The van der Waals surface area contributed by atoms with E-state index >= 15 is 0 Å². The van der Waals surface area contributed by atoms with Crippen LogP contribution >= 0.6 is 0 Å². The second-order valence-corrected chi connectivity index (χ2v) is 2.92. The molecule has 5 heteroatoms. The number of hydrogen-bond donors (Lipinski definition) is 3. The molecule has 1 aliphatic heterocycles. The zero-order valence-corrected chi connectivity index (χ0v) is 7.04. The lowest BCUT2D eigenvalue weighted by molar-refractivity contribution is -0.286. The SMILES string of the molecule is CO[C@H]1O[C@@H](C)[C@H](O)[C@@H](O)[C@H]1O. The first kappa shape index (κ1) is 9.88. The van der Waals surface area contributed by atoms with Crippen LogP contribution in [0.3, 0.4) is 0 Å². The van der Waals surface area contributed by atoms with Gasteiger partial charge in [0.25, 0.3) is 0 Å². The molecule has 1 fully saturated rings. The minimum Gasteiger partial charge on any atom is -0.388 e. The lowest BCUT2D eigenvalue weighted by atomic mass is 10.0. The van der Waals surface area contributed by atoms with Gasteiger partial charge in [0.05, 0.1) is 6.10 Å². The largest absolute Gasteiger partial charge is 0.388 e. The van der Waals surface area contributed by atoms with E-state index < -0.39 is 30.7 Å². The molecule has 0 aromatic rings. The van der Waals surface area contributed by atoms with Crippen molar-refractivity contribution < 1.29 is 24.8 Å². The fourth-order valence-electron chi connectivity index (χ4n) is 1.21. The lowest BCUT2D eigenvalue weighted by Crippen LogP contribution is -2.57. The van der Waals surface area contributed by atoms with Gasteiger partial charge < -0.3 is 24.8 Å². The van der Waals surface area contributed by atoms with Crippen molar-refractivity contribution in [3.63, 3.8) is 0 Å². The molecule has 1 saturated heterocycles. The molecule has 0 radical (unpaired) electrons. The molecule has 0 saturated carbocycles. The molecular formula is C7H14O5. The molecule has 5 nitrogen and oxygen atoms in total. The van der Waals surface area contributed by atoms with Crippen molar-refractivity contribution in [3.05, 3.63) is 0 Å². The maximum atomic E-state index is 9.27. The number of methoxy groups -OCH3 is 1. The van der Waals surface area contributed by atoms with Gasteiger partial charge in [0.2, 0.25) is 0 Å². The quantitative estimate of drug-likeness (QED) is 0.453. The summed E-state index contributed by atoms with van der Waals surface area (Å²) in [5, 5.41) is 27.8. The van der Waals surface area contributed by atoms with Crippen LogP contribution in [0.5, 0.6) is 0 Å². The lowest BCUT2D eigenvalue weighted by Gasteiger charge is -2.38. The van der Waals surface area contributed by atoms with Gasteiger partial charge in [0.15, 0.2) is 6.29 Å². The molecule has 0 spiro atoms. The Morgan fingerprint density at radius 2 is 1.67 bits per heavy atom. The third kappa shape index (κ3) is 1.60. The molecule has 0 aromatic carbocycles. The first-order valence-electron chi connectivity index (χ1n) is 3.80. The predicted octanol–water partition coefficient (Wildman–Crippen LogP) is -1.54. The Hall–Kier alpha value is -0.200. The van der Waals surface area contributed by atoms with E-state index in [-0.39, 0.29) is 0 Å². The Balaban J connectivity index is 2.63. The molecule has 0 aliphatic carbocycles. The summed E-state index contributed by atoms with van der Waals surface area (Å²) in [5.74, 6) is 0. The van der Waals surface area contributed by atoms with E-state index in [4.69, 9.17) is 9.47 Å². The molecular weight excluding hydrogens is 164 g/mol. The highest BCUT2D eigenvalue weighted by Gasteiger charge is 2.41. The van der Waals surface area contributed by atoms with Crippen molar-refractivity contribution in [2.45, 2.75) is 37.6 Å². The summed E-state index contributed by atoms with van der Waals surface area (Å²) < 4.78 is 9.80. The summed E-state index contributed by atoms with van der Waals surface area (Å²) in [6, 6.07) is 0. The minimum atomic E-state index is -1.21. The minimum absolute atomic E-state index is 0.534. The van der Waals surface area contributed by atoms with Crippen LogP contribution in [0.4, 0.5) is 0 Å². The van der Waals surface area contributed by atoms with Crippen molar-refractivity contribution in [1.82, 2.24) is 0 Å². The van der Waals surface area contributed by atoms with Gasteiger partial charge in [-0.2, -0.15) is 0 Å². The molecule has 12 heavy (non-hydrogen) atoms. The van der Waals surface area contributed by atoms with Crippen molar-refractivity contribution in [2.75, 3.05) is 7.11 Å². The molecule has 72 valence electrons. The second kappa shape index (κ2) is 3.68. The summed E-state index contributed by atoms with van der Waals surface area (Å²) in [4.78, 5) is 0. The number of aliphatic hydroxyl groups excluding tert-OH is 3. The van der Waals surface area contributed by atoms with Gasteiger partial charge in [-0.1, -0.05) is 0 Å². The average molecular weight is 178 g/mol. The summed E-state index contributed by atoms with van der Waals surface area (Å²) in [7, 11) is 1.37. The summed E-state index contributed by atoms with van der Waals surface area (Å²) in [6.07, 6.45) is -4.86. The zero-order chi connectivity index (χ0) is 9.30. The van der Waals surface area contributed by atoms with Crippen LogP contribution in [-0.2, 0) is 9.47 Å². The molecule has 3 N–H and O–H groups in total. The van der Waals surface area contributed by atoms with E-state index in [1.807, 2.05) is 0 Å². The Labute approximate surface area is 70.5 Å². The standard InChI is InChI=1S/C7H14O5/c1-3-4(8)5(9)6(10)7(11-2)12-3/h3-10H,1-2H3/t3-,4-,5+,6+,7-/m0/s1. The Bertz CT molecular complexity index is 146. The van der Waals surface area contributed by atoms with E-state index in [2.05, 4.69) is 0 Å². The number of hydrogen-bond acceptors (Lipinski definition) is 5. The smallest absolute Gasteiger partial charge is 0.186 e. The first-order valence-corrected chi connectivity index (χ1v) is 3.80. The third-order valence-electron chi connectivity index (χ3n) is 2.04. The van der Waals surface area contributed by atoms with Gasteiger partial charge in [0, 0.05) is 7.11 Å². The van der Waals surface area contributed by atoms with E-state index in [0.29, 0.717) is 0 Å². The fraction of sp³-hybridized carbons (Fsp3) is 1.00. The van der Waals surface area contributed by atoms with Gasteiger partial charge in [-0.25, -0.2) is 0 Å². The number of aliphatic hydroxyl groups is 3. The highest BCUT2D eigenvalue weighted by Crippen LogP contribution is 2.20. The fourth-order valence-corrected chi connectivity index (χ4v) is 1.21. The molecule has 1 aliphatic rings. The Morgan fingerprint density at radius 1 is 1.08 bits per heavy atom. The molecule has 0 amide bonds. The molecule has 5 atom stereocenters. The van der Waals surface area contributed by atoms with Crippen molar-refractivity contribution in [2.24, 2.45) is 0 Å². The van der Waals surface area contributed by atoms with Crippen LogP contribution in [0.1, 0.15) is 6.92 Å². The molecule has 0 unspecified atom stereocenters. The van der Waals surface area contributed by atoms with E-state index in [1.54, 1.807) is 6.92 Å². The highest BCUT2D eigenvalue weighted by molar-refractivity contribution is 4.86. The summed E-state index contributed by atoms with van der Waals surface area (Å²) in [6.45, 7) is 1.60. The third-order valence-corrected chi connectivity index (χ3v) is 2.04. The van der Waals surface area contributed by atoms with Crippen LogP contribution in [0, 0.1) is 0 Å². The normalized spacial score (nSPS) is 49.2. The van der Waals surface area contributed by atoms with Crippen LogP contribution < -0.4 is 0 Å². The van der Waals surface area contributed by atoms with Gasteiger partial charge >= 0.3 is 0 Å². The maximum absolute atomic E-state index is 9.27. The Morgan fingerprint density at radius 3 is 2.17 bits per heavy atom. The maximum Gasteiger partial charge on any atom is 0.186 e. The van der Waals surface area contributed by atoms with Gasteiger partial charge in [-0.15, -0.1) is 0 Å². The van der Waals surface area contributed by atoms with Gasteiger partial charge in [0.1, 0.15) is 18.3 Å². The Kier molecular flexibility index (Phi) is 3.03. The van der Waals surface area contributed by atoms with Crippen molar-refractivity contribution in [1.29, 1.82) is 0 Å². The number of ether oxygens (including phenoxy) is 2. The van der Waals surface area contributed by atoms with Crippen LogP contribution in [0.15, 0.2) is 0 Å². The first-order chi connectivity index (χ1) is 5.57. The predicted molar refractivity (Wildman–Crippen MR) is 39.4 cm³/mol. The zero-order valence-electron chi connectivity index (χ0n) is 7.04. The van der Waals surface area contributed by atoms with E-state index in [9.17, 15) is 15.3 Å². The van der Waals surface area contributed by atoms with Crippen molar-refractivity contribution >= 4 is 0 Å².